The minimum absolute atomic E-state index is 0.363. The maximum Gasteiger partial charge on any atom is 0.136 e. The molecule has 2 aliphatic rings. The Kier molecular flexibility index (Phi) is 3.46. The van der Waals surface area contributed by atoms with Gasteiger partial charge in [-0.3, -0.25) is 9.69 Å². The molecule has 1 unspecified atom stereocenters. The van der Waals surface area contributed by atoms with Crippen molar-refractivity contribution in [2.24, 2.45) is 5.92 Å². The van der Waals surface area contributed by atoms with Crippen molar-refractivity contribution in [3.05, 3.63) is 35.4 Å². The summed E-state index contributed by atoms with van der Waals surface area (Å²) in [6, 6.07) is 8.74. The average molecular weight is 243 g/mol. The highest BCUT2D eigenvalue weighted by Gasteiger charge is 2.25. The Bertz CT molecular complexity index is 440. The number of hydrogen-bond donors (Lipinski definition) is 0. The fourth-order valence-corrected chi connectivity index (χ4v) is 3.28. The average Bonchev–Trinajstić information content (AvgIpc) is 2.82. The van der Waals surface area contributed by atoms with Crippen LogP contribution in [-0.4, -0.2) is 23.8 Å². The largest absolute Gasteiger partial charge is 0.299 e. The van der Waals surface area contributed by atoms with Gasteiger partial charge in [0.2, 0.25) is 0 Å². The fraction of sp³-hybridized carbons (Fsp3) is 0.562. The third-order valence-corrected chi connectivity index (χ3v) is 4.43. The molecule has 1 aromatic rings. The molecule has 96 valence electrons. The van der Waals surface area contributed by atoms with Crippen molar-refractivity contribution >= 4 is 5.78 Å². The lowest BCUT2D eigenvalue weighted by Crippen LogP contribution is -2.32. The van der Waals surface area contributed by atoms with Crippen LogP contribution >= 0.6 is 0 Å². The molecular formula is C16H21NO. The molecule has 3 rings (SSSR count). The monoisotopic (exact) mass is 243 g/mol. The lowest BCUT2D eigenvalue weighted by Gasteiger charge is -2.29. The predicted octanol–water partition coefficient (Wildman–Crippen LogP) is 2.80. The van der Waals surface area contributed by atoms with E-state index in [2.05, 4.69) is 29.2 Å². The van der Waals surface area contributed by atoms with E-state index in [1.165, 1.54) is 11.1 Å². The molecule has 0 bridgehead atoms. The van der Waals surface area contributed by atoms with Gasteiger partial charge in [-0.2, -0.15) is 0 Å². The van der Waals surface area contributed by atoms with Crippen LogP contribution in [-0.2, 0) is 17.8 Å². The van der Waals surface area contributed by atoms with Gasteiger partial charge in [0.25, 0.3) is 0 Å². The van der Waals surface area contributed by atoms with E-state index in [0.717, 1.165) is 51.7 Å². The van der Waals surface area contributed by atoms with Crippen LogP contribution in [0.3, 0.4) is 0 Å². The smallest absolute Gasteiger partial charge is 0.136 e. The summed E-state index contributed by atoms with van der Waals surface area (Å²) in [7, 11) is 0. The molecular weight excluding hydrogens is 222 g/mol. The van der Waals surface area contributed by atoms with E-state index in [-0.39, 0.29) is 0 Å². The van der Waals surface area contributed by atoms with Gasteiger partial charge >= 0.3 is 0 Å². The van der Waals surface area contributed by atoms with Crippen LogP contribution < -0.4 is 0 Å². The zero-order valence-electron chi connectivity index (χ0n) is 10.9. The number of ketones is 1. The molecule has 1 saturated carbocycles. The summed E-state index contributed by atoms with van der Waals surface area (Å²) in [4.78, 5) is 14.1. The molecule has 2 heteroatoms. The maximum absolute atomic E-state index is 11.6. The molecule has 1 aliphatic heterocycles. The van der Waals surface area contributed by atoms with Crippen LogP contribution in [0, 0.1) is 5.92 Å². The fourth-order valence-electron chi connectivity index (χ4n) is 3.28. The normalized spacial score (nSPS) is 24.2. The van der Waals surface area contributed by atoms with Crippen LogP contribution in [0.2, 0.25) is 0 Å². The van der Waals surface area contributed by atoms with Crippen LogP contribution in [0.1, 0.15) is 36.8 Å². The van der Waals surface area contributed by atoms with Crippen molar-refractivity contribution in [3.8, 4) is 0 Å². The van der Waals surface area contributed by atoms with Crippen LogP contribution in [0.15, 0.2) is 24.3 Å². The van der Waals surface area contributed by atoms with E-state index < -0.39 is 0 Å². The Morgan fingerprint density at radius 1 is 1.17 bits per heavy atom. The van der Waals surface area contributed by atoms with E-state index in [4.69, 9.17) is 0 Å². The summed E-state index contributed by atoms with van der Waals surface area (Å²) in [6.45, 7) is 3.31. The van der Waals surface area contributed by atoms with E-state index in [9.17, 15) is 4.79 Å². The van der Waals surface area contributed by atoms with Crippen LogP contribution in [0.5, 0.6) is 0 Å². The number of rotatable bonds is 3. The van der Waals surface area contributed by atoms with Gasteiger partial charge in [0.05, 0.1) is 0 Å². The van der Waals surface area contributed by atoms with Gasteiger partial charge in [-0.05, 0) is 43.4 Å². The standard InChI is InChI=1S/C16H21NO/c18-16-7-3-6-14(16)9-11-17-10-8-13-4-1-2-5-15(13)12-17/h1-2,4-5,14H,3,6-12H2. The molecule has 1 heterocycles. The Balaban J connectivity index is 1.55. The number of fused-ring (bicyclic) bond motifs is 1. The highest BCUT2D eigenvalue weighted by molar-refractivity contribution is 5.82. The van der Waals surface area contributed by atoms with Gasteiger partial charge in [-0.25, -0.2) is 0 Å². The van der Waals surface area contributed by atoms with Gasteiger partial charge in [-0.1, -0.05) is 24.3 Å². The van der Waals surface area contributed by atoms with Crippen molar-refractivity contribution in [3.63, 3.8) is 0 Å². The van der Waals surface area contributed by atoms with E-state index in [1.54, 1.807) is 0 Å². The molecule has 1 aromatic carbocycles. The summed E-state index contributed by atoms with van der Waals surface area (Å²) in [5.74, 6) is 0.870. The lowest BCUT2D eigenvalue weighted by molar-refractivity contribution is -0.120. The molecule has 1 aliphatic carbocycles. The van der Waals surface area contributed by atoms with Crippen molar-refractivity contribution in [2.45, 2.75) is 38.6 Å². The number of carbonyl (C=O) groups is 1. The van der Waals surface area contributed by atoms with Crippen molar-refractivity contribution in [1.29, 1.82) is 0 Å². The van der Waals surface area contributed by atoms with Crippen LogP contribution in [0.4, 0.5) is 0 Å². The van der Waals surface area contributed by atoms with Gasteiger partial charge in [0.1, 0.15) is 5.78 Å². The maximum atomic E-state index is 11.6. The first-order chi connectivity index (χ1) is 8.83. The zero-order valence-corrected chi connectivity index (χ0v) is 10.9. The summed E-state index contributed by atoms with van der Waals surface area (Å²) in [6.07, 6.45) is 5.30. The van der Waals surface area contributed by atoms with E-state index >= 15 is 0 Å². The third-order valence-electron chi connectivity index (χ3n) is 4.43. The van der Waals surface area contributed by atoms with E-state index in [1.807, 2.05) is 0 Å². The Labute approximate surface area is 109 Å². The van der Waals surface area contributed by atoms with E-state index in [0.29, 0.717) is 11.7 Å². The second kappa shape index (κ2) is 5.23. The molecule has 2 nitrogen and oxygen atoms in total. The molecule has 0 saturated heterocycles. The second-order valence-electron chi connectivity index (χ2n) is 5.64. The number of nitrogens with zero attached hydrogens (tertiary/aromatic N) is 1. The summed E-state index contributed by atoms with van der Waals surface area (Å²) in [5, 5.41) is 0. The predicted molar refractivity (Wildman–Crippen MR) is 72.4 cm³/mol. The number of benzene rings is 1. The molecule has 1 fully saturated rings. The first-order valence-corrected chi connectivity index (χ1v) is 7.15. The molecule has 0 amide bonds. The Morgan fingerprint density at radius 2 is 2.00 bits per heavy atom. The summed E-state index contributed by atoms with van der Waals surface area (Å²) >= 11 is 0. The lowest BCUT2D eigenvalue weighted by atomic mass is 9.98. The molecule has 0 radical (unpaired) electrons. The first-order valence-electron chi connectivity index (χ1n) is 7.15. The summed E-state index contributed by atoms with van der Waals surface area (Å²) < 4.78 is 0. The molecule has 0 N–H and O–H groups in total. The van der Waals surface area contributed by atoms with Gasteiger partial charge in [0, 0.05) is 25.4 Å². The molecule has 1 atom stereocenters. The SMILES string of the molecule is O=C1CCCC1CCN1CCc2ccccc2C1. The van der Waals surface area contributed by atoms with Crippen molar-refractivity contribution < 1.29 is 4.79 Å². The Hall–Kier alpha value is -1.15. The third kappa shape index (κ3) is 2.49. The van der Waals surface area contributed by atoms with Crippen molar-refractivity contribution in [1.82, 2.24) is 4.90 Å². The topological polar surface area (TPSA) is 20.3 Å². The van der Waals surface area contributed by atoms with Crippen molar-refractivity contribution in [2.75, 3.05) is 13.1 Å². The van der Waals surface area contributed by atoms with Crippen LogP contribution in [0.25, 0.3) is 0 Å². The zero-order chi connectivity index (χ0) is 12.4. The Morgan fingerprint density at radius 3 is 2.78 bits per heavy atom. The van der Waals surface area contributed by atoms with Gasteiger partial charge < -0.3 is 0 Å². The first kappa shape index (κ1) is 11.9. The minimum atomic E-state index is 0.363. The number of hydrogen-bond acceptors (Lipinski definition) is 2. The van der Waals surface area contributed by atoms with Gasteiger partial charge in [-0.15, -0.1) is 0 Å². The molecule has 18 heavy (non-hydrogen) atoms. The molecule has 0 spiro atoms. The minimum Gasteiger partial charge on any atom is -0.299 e. The molecule has 0 aromatic heterocycles. The summed E-state index contributed by atoms with van der Waals surface area (Å²) in [5.41, 5.74) is 2.98. The van der Waals surface area contributed by atoms with Gasteiger partial charge in [0.15, 0.2) is 0 Å². The highest BCUT2D eigenvalue weighted by atomic mass is 16.1. The quantitative estimate of drug-likeness (QED) is 0.813. The number of Topliss-reactive ketones (excluding diaryl/α,β-unsaturated/α-hetero) is 1. The second-order valence-corrected chi connectivity index (χ2v) is 5.64. The highest BCUT2D eigenvalue weighted by Crippen LogP contribution is 2.25. The number of carbonyl (C=O) groups excluding carboxylic acids is 1.